The zero-order valence-corrected chi connectivity index (χ0v) is 18.9. The van der Waals surface area contributed by atoms with Crippen molar-refractivity contribution in [2.24, 2.45) is 0 Å². The number of aromatic nitrogens is 3. The number of aromatic amines is 1. The van der Waals surface area contributed by atoms with E-state index in [9.17, 15) is 4.79 Å². The number of thiazole rings is 1. The van der Waals surface area contributed by atoms with Gasteiger partial charge in [-0.05, 0) is 30.7 Å². The average Bonchev–Trinajstić information content (AvgIpc) is 3.40. The molecule has 1 aliphatic rings. The van der Waals surface area contributed by atoms with Crippen molar-refractivity contribution in [3.63, 3.8) is 0 Å². The Morgan fingerprint density at radius 2 is 1.77 bits per heavy atom. The lowest BCUT2D eigenvalue weighted by atomic mass is 10.2. The lowest BCUT2D eigenvalue weighted by molar-refractivity contribution is -0.133. The number of carbonyl (C=O) groups excluding carboxylic acids is 1. The standard InChI is InChI=1S/C23H25N5OS2/c29-22(10-5-15-30-23-25-17-6-1-2-7-18(17)26-23)28-13-11-27(12-14-28)16-21-24-19-8-3-4-9-20(19)31-21/h1-4,6-9H,5,10-16H2,(H,25,26). The second kappa shape index (κ2) is 9.38. The number of hydrogen-bond acceptors (Lipinski definition) is 6. The van der Waals surface area contributed by atoms with E-state index in [1.165, 1.54) is 4.70 Å². The molecule has 8 heteroatoms. The maximum Gasteiger partial charge on any atom is 0.222 e. The van der Waals surface area contributed by atoms with Gasteiger partial charge in [-0.3, -0.25) is 9.69 Å². The van der Waals surface area contributed by atoms with Gasteiger partial charge in [-0.1, -0.05) is 36.0 Å². The summed E-state index contributed by atoms with van der Waals surface area (Å²) in [5.74, 6) is 1.16. The highest BCUT2D eigenvalue weighted by Crippen LogP contribution is 2.23. The summed E-state index contributed by atoms with van der Waals surface area (Å²) in [6.45, 7) is 4.31. The molecule has 0 unspecified atom stereocenters. The van der Waals surface area contributed by atoms with Gasteiger partial charge < -0.3 is 9.88 Å². The molecule has 0 bridgehead atoms. The number of fused-ring (bicyclic) bond motifs is 2. The third kappa shape index (κ3) is 4.92. The van der Waals surface area contributed by atoms with Crippen LogP contribution < -0.4 is 0 Å². The van der Waals surface area contributed by atoms with Crippen LogP contribution >= 0.6 is 23.1 Å². The maximum atomic E-state index is 12.6. The molecule has 2 aromatic carbocycles. The monoisotopic (exact) mass is 451 g/mol. The first kappa shape index (κ1) is 20.5. The van der Waals surface area contributed by atoms with Gasteiger partial charge in [0.1, 0.15) is 5.01 Å². The van der Waals surface area contributed by atoms with Crippen LogP contribution in [-0.2, 0) is 11.3 Å². The van der Waals surface area contributed by atoms with Crippen molar-refractivity contribution in [2.45, 2.75) is 24.5 Å². The van der Waals surface area contributed by atoms with Crippen molar-refractivity contribution in [3.8, 4) is 0 Å². The topological polar surface area (TPSA) is 65.1 Å². The molecule has 0 saturated carbocycles. The molecule has 3 heterocycles. The number of benzene rings is 2. The van der Waals surface area contributed by atoms with Crippen LogP contribution in [0, 0.1) is 0 Å². The van der Waals surface area contributed by atoms with Gasteiger partial charge in [-0.15, -0.1) is 11.3 Å². The van der Waals surface area contributed by atoms with E-state index in [1.807, 2.05) is 35.2 Å². The van der Waals surface area contributed by atoms with Crippen LogP contribution in [0.1, 0.15) is 17.8 Å². The Bertz CT molecular complexity index is 1110. The smallest absolute Gasteiger partial charge is 0.222 e. The number of para-hydroxylation sites is 3. The zero-order chi connectivity index (χ0) is 21.0. The van der Waals surface area contributed by atoms with Crippen LogP contribution in [0.15, 0.2) is 53.7 Å². The van der Waals surface area contributed by atoms with Crippen LogP contribution in [-0.4, -0.2) is 62.6 Å². The molecule has 160 valence electrons. The first-order valence-corrected chi connectivity index (χ1v) is 12.5. The van der Waals surface area contributed by atoms with Gasteiger partial charge in [-0.2, -0.15) is 0 Å². The molecule has 2 aromatic heterocycles. The molecule has 0 spiro atoms. The van der Waals surface area contributed by atoms with Crippen molar-refractivity contribution in [1.82, 2.24) is 24.8 Å². The summed E-state index contributed by atoms with van der Waals surface area (Å²) in [5, 5.41) is 2.08. The van der Waals surface area contributed by atoms with E-state index < -0.39 is 0 Å². The quantitative estimate of drug-likeness (QED) is 0.333. The molecule has 5 rings (SSSR count). The maximum absolute atomic E-state index is 12.6. The molecule has 1 fully saturated rings. The summed E-state index contributed by atoms with van der Waals surface area (Å²) in [7, 11) is 0. The molecule has 0 atom stereocenters. The number of amides is 1. The van der Waals surface area contributed by atoms with Crippen molar-refractivity contribution in [1.29, 1.82) is 0 Å². The molecule has 6 nitrogen and oxygen atoms in total. The molecule has 1 N–H and O–H groups in total. The number of thioether (sulfide) groups is 1. The van der Waals surface area contributed by atoms with E-state index in [0.29, 0.717) is 6.42 Å². The Morgan fingerprint density at radius 1 is 1.00 bits per heavy atom. The number of rotatable bonds is 7. The number of imidazole rings is 1. The third-order valence-corrected chi connectivity index (χ3v) is 7.54. The van der Waals surface area contributed by atoms with Gasteiger partial charge in [0.25, 0.3) is 0 Å². The average molecular weight is 452 g/mol. The SMILES string of the molecule is O=C(CCCSc1nc2ccccc2[nH]1)N1CCN(Cc2nc3ccccc3s2)CC1. The van der Waals surface area contributed by atoms with E-state index in [1.54, 1.807) is 23.1 Å². The van der Waals surface area contributed by atoms with E-state index in [4.69, 9.17) is 4.98 Å². The van der Waals surface area contributed by atoms with E-state index >= 15 is 0 Å². The van der Waals surface area contributed by atoms with Gasteiger partial charge in [-0.25, -0.2) is 9.97 Å². The van der Waals surface area contributed by atoms with Crippen molar-refractivity contribution in [3.05, 3.63) is 53.5 Å². The Hall–Kier alpha value is -2.42. The Morgan fingerprint density at radius 3 is 2.58 bits per heavy atom. The van der Waals surface area contributed by atoms with Gasteiger partial charge >= 0.3 is 0 Å². The second-order valence-electron chi connectivity index (χ2n) is 7.74. The fourth-order valence-corrected chi connectivity index (χ4v) is 5.72. The summed E-state index contributed by atoms with van der Waals surface area (Å²) >= 11 is 3.45. The summed E-state index contributed by atoms with van der Waals surface area (Å²) in [5.41, 5.74) is 3.13. The molecular formula is C23H25N5OS2. The highest BCUT2D eigenvalue weighted by atomic mass is 32.2. The Kier molecular flexibility index (Phi) is 6.20. The number of carbonyl (C=O) groups is 1. The predicted molar refractivity (Wildman–Crippen MR) is 128 cm³/mol. The van der Waals surface area contributed by atoms with E-state index in [2.05, 4.69) is 33.1 Å². The van der Waals surface area contributed by atoms with Gasteiger partial charge in [0.05, 0.1) is 27.8 Å². The summed E-state index contributed by atoms with van der Waals surface area (Å²) in [6.07, 6.45) is 1.47. The van der Waals surface area contributed by atoms with Gasteiger partial charge in [0.2, 0.25) is 5.91 Å². The highest BCUT2D eigenvalue weighted by molar-refractivity contribution is 7.99. The fourth-order valence-electron chi connectivity index (χ4n) is 3.88. The minimum atomic E-state index is 0.268. The van der Waals surface area contributed by atoms with Crippen LogP contribution in [0.25, 0.3) is 21.3 Å². The number of piperazine rings is 1. The fraction of sp³-hybridized carbons (Fsp3) is 0.348. The minimum absolute atomic E-state index is 0.268. The summed E-state index contributed by atoms with van der Waals surface area (Å²) in [6, 6.07) is 16.3. The molecule has 4 aromatic rings. The molecule has 0 radical (unpaired) electrons. The minimum Gasteiger partial charge on any atom is -0.340 e. The first-order valence-electron chi connectivity index (χ1n) is 10.7. The summed E-state index contributed by atoms with van der Waals surface area (Å²) < 4.78 is 1.24. The lowest BCUT2D eigenvalue weighted by Crippen LogP contribution is -2.48. The number of hydrogen-bond donors (Lipinski definition) is 1. The molecule has 1 saturated heterocycles. The highest BCUT2D eigenvalue weighted by Gasteiger charge is 2.21. The van der Waals surface area contributed by atoms with Crippen molar-refractivity contribution < 1.29 is 4.79 Å². The number of H-pyrrole nitrogens is 1. The molecule has 0 aliphatic carbocycles. The Balaban J connectivity index is 1.04. The predicted octanol–water partition coefficient (Wildman–Crippen LogP) is 4.39. The molecule has 1 aliphatic heterocycles. The van der Waals surface area contributed by atoms with Crippen LogP contribution in [0.2, 0.25) is 0 Å². The largest absolute Gasteiger partial charge is 0.340 e. The molecule has 1 amide bonds. The number of nitrogens with zero attached hydrogens (tertiary/aromatic N) is 4. The lowest BCUT2D eigenvalue weighted by Gasteiger charge is -2.34. The normalized spacial score (nSPS) is 15.2. The molecule has 31 heavy (non-hydrogen) atoms. The summed E-state index contributed by atoms with van der Waals surface area (Å²) in [4.78, 5) is 29.7. The van der Waals surface area contributed by atoms with E-state index in [-0.39, 0.29) is 5.91 Å². The van der Waals surface area contributed by atoms with Crippen molar-refractivity contribution in [2.75, 3.05) is 31.9 Å². The second-order valence-corrected chi connectivity index (χ2v) is 9.94. The first-order chi connectivity index (χ1) is 15.2. The molecular weight excluding hydrogens is 426 g/mol. The third-order valence-electron chi connectivity index (χ3n) is 5.56. The Labute approximate surface area is 189 Å². The van der Waals surface area contributed by atoms with Crippen LogP contribution in [0.5, 0.6) is 0 Å². The van der Waals surface area contributed by atoms with Crippen LogP contribution in [0.4, 0.5) is 0 Å². The number of nitrogens with one attached hydrogen (secondary N) is 1. The van der Waals surface area contributed by atoms with Crippen LogP contribution in [0.3, 0.4) is 0 Å². The van der Waals surface area contributed by atoms with Crippen molar-refractivity contribution >= 4 is 50.3 Å². The zero-order valence-electron chi connectivity index (χ0n) is 17.3. The van der Waals surface area contributed by atoms with Gasteiger partial charge in [0, 0.05) is 38.4 Å². The van der Waals surface area contributed by atoms with Gasteiger partial charge in [0.15, 0.2) is 5.16 Å². The van der Waals surface area contributed by atoms with E-state index in [0.717, 1.165) is 71.6 Å².